The summed E-state index contributed by atoms with van der Waals surface area (Å²) in [6, 6.07) is 7.30. The molecule has 1 aliphatic heterocycles. The fourth-order valence-corrected chi connectivity index (χ4v) is 6.08. The maximum Gasteiger partial charge on any atom is 0.416 e. The molecule has 0 aliphatic carbocycles. The lowest BCUT2D eigenvalue weighted by Gasteiger charge is -2.28. The van der Waals surface area contributed by atoms with Crippen LogP contribution in [0.3, 0.4) is 0 Å². The van der Waals surface area contributed by atoms with Crippen molar-refractivity contribution in [3.63, 3.8) is 0 Å². The second kappa shape index (κ2) is 15.0. The first-order chi connectivity index (χ1) is 22.2. The van der Waals surface area contributed by atoms with Crippen LogP contribution in [0.25, 0.3) is 0 Å². The molecule has 3 aromatic rings. The number of nitrogens with one attached hydrogen (secondary N) is 1. The van der Waals surface area contributed by atoms with E-state index in [1.54, 1.807) is 0 Å². The van der Waals surface area contributed by atoms with Crippen LogP contribution < -0.4 is 10.1 Å². The van der Waals surface area contributed by atoms with Crippen LogP contribution in [0.5, 0.6) is 5.75 Å². The molecule has 0 saturated carbocycles. The molecule has 1 aromatic heterocycles. The van der Waals surface area contributed by atoms with E-state index in [1.807, 2.05) is 6.92 Å². The molecule has 2 heterocycles. The topological polar surface area (TPSA) is 157 Å². The monoisotopic (exact) mass is 680 g/mol. The third-order valence-corrected chi connectivity index (χ3v) is 8.64. The quantitative estimate of drug-likeness (QED) is 0.142. The van der Waals surface area contributed by atoms with Gasteiger partial charge in [0.2, 0.25) is 5.91 Å². The van der Waals surface area contributed by atoms with Crippen LogP contribution in [0.15, 0.2) is 66.0 Å². The number of amides is 2. The van der Waals surface area contributed by atoms with Gasteiger partial charge in [0, 0.05) is 12.6 Å². The number of halogens is 3. The number of benzene rings is 2. The van der Waals surface area contributed by atoms with Crippen molar-refractivity contribution in [3.8, 4) is 5.75 Å². The number of ether oxygens (including phenoxy) is 2. The number of carbonyl (C=O) groups excluding carboxylic acids is 3. The van der Waals surface area contributed by atoms with Crippen molar-refractivity contribution in [2.45, 2.75) is 74.7 Å². The van der Waals surface area contributed by atoms with Gasteiger partial charge in [0.1, 0.15) is 28.8 Å². The number of carbonyl (C=O) groups is 3. The second-order valence-electron chi connectivity index (χ2n) is 11.0. The molecule has 0 spiro atoms. The molecule has 2 N–H and O–H groups in total. The highest BCUT2D eigenvalue weighted by molar-refractivity contribution is 7.86. The van der Waals surface area contributed by atoms with Crippen LogP contribution in [-0.2, 0) is 30.6 Å². The largest absolute Gasteiger partial charge is 0.488 e. The van der Waals surface area contributed by atoms with Gasteiger partial charge in [0.25, 0.3) is 16.0 Å². The number of rotatable bonds is 13. The van der Waals surface area contributed by atoms with Gasteiger partial charge in [-0.3, -0.25) is 14.1 Å². The van der Waals surface area contributed by atoms with Crippen molar-refractivity contribution in [1.29, 1.82) is 0 Å². The summed E-state index contributed by atoms with van der Waals surface area (Å²) in [6.45, 7) is 1.99. The van der Waals surface area contributed by atoms with Gasteiger partial charge in [-0.1, -0.05) is 44.7 Å². The Morgan fingerprint density at radius 2 is 1.79 bits per heavy atom. The summed E-state index contributed by atoms with van der Waals surface area (Å²) in [5.74, 6) is -1.86. The molecule has 1 fully saturated rings. The summed E-state index contributed by atoms with van der Waals surface area (Å²) < 4.78 is 84.3. The fourth-order valence-electron chi connectivity index (χ4n) is 5.39. The van der Waals surface area contributed by atoms with Crippen LogP contribution in [0, 0.1) is 0 Å². The van der Waals surface area contributed by atoms with Crippen molar-refractivity contribution in [2.75, 3.05) is 19.0 Å². The summed E-state index contributed by atoms with van der Waals surface area (Å²) in [7, 11) is -3.51. The minimum atomic E-state index is -4.69. The Labute approximate surface area is 269 Å². The maximum absolute atomic E-state index is 14.1. The lowest BCUT2D eigenvalue weighted by atomic mass is 10.1. The normalized spacial score (nSPS) is 17.3. The molecule has 2 amide bonds. The average molecular weight is 681 g/mol. The Kier molecular flexibility index (Phi) is 11.3. The van der Waals surface area contributed by atoms with E-state index in [0.29, 0.717) is 12.8 Å². The van der Waals surface area contributed by atoms with Crippen LogP contribution in [0.2, 0.25) is 0 Å². The van der Waals surface area contributed by atoms with Gasteiger partial charge in [-0.2, -0.15) is 21.6 Å². The van der Waals surface area contributed by atoms with Crippen LogP contribution in [-0.4, -0.2) is 71.0 Å². The number of unbranched alkanes of at least 4 members (excludes halogenated alkanes) is 3. The molecule has 12 nitrogen and oxygen atoms in total. The Balaban J connectivity index is 1.56. The zero-order chi connectivity index (χ0) is 34.4. The number of anilines is 1. The summed E-state index contributed by atoms with van der Waals surface area (Å²) in [5, 5.41) is 2.48. The molecule has 0 bridgehead atoms. The van der Waals surface area contributed by atoms with Gasteiger partial charge in [0.15, 0.2) is 5.82 Å². The van der Waals surface area contributed by atoms with Gasteiger partial charge in [0.05, 0.1) is 31.1 Å². The lowest BCUT2D eigenvalue weighted by Crippen LogP contribution is -2.44. The number of hydrogen-bond donors (Lipinski definition) is 2. The molecular formula is C31H35F3N4O8S. The third kappa shape index (κ3) is 8.88. The number of alkyl halides is 3. The van der Waals surface area contributed by atoms with Crippen LogP contribution in [0.1, 0.15) is 67.4 Å². The second-order valence-corrected chi connectivity index (χ2v) is 12.4. The molecule has 4 rings (SSSR count). The standard InChI is InChI=1S/C31H35F3N4O8S/c1-3-4-5-6-10-24(37-18-27(35-19-37)36-28(39)23-9-7-8-11-26(23)47(42,43)44)29(40)38-17-22(16-25(38)30(41)45-2)46-21-14-12-20(13-15-21)31(32,33)34/h7-9,11-15,18-19,22,24-25H,3-6,10,16-17H2,1-2H3,(H,36,39)(H,42,43,44)/t22-,24+,25-/m0/s1. The first-order valence-corrected chi connectivity index (χ1v) is 16.3. The van der Waals surface area contributed by atoms with Gasteiger partial charge in [-0.05, 0) is 42.8 Å². The summed E-state index contributed by atoms with van der Waals surface area (Å²) in [5.41, 5.74) is -1.15. The van der Waals surface area contributed by atoms with Gasteiger partial charge in [-0.15, -0.1) is 0 Å². The van der Waals surface area contributed by atoms with E-state index in [-0.39, 0.29) is 30.1 Å². The number of likely N-dealkylation sites (tertiary alicyclic amines) is 1. The smallest absolute Gasteiger partial charge is 0.416 e. The molecule has 2 aromatic carbocycles. The van der Waals surface area contributed by atoms with Gasteiger partial charge in [-0.25, -0.2) is 9.78 Å². The van der Waals surface area contributed by atoms with Gasteiger partial charge >= 0.3 is 12.1 Å². The van der Waals surface area contributed by atoms with Crippen molar-refractivity contribution < 1.29 is 50.0 Å². The zero-order valence-corrected chi connectivity index (χ0v) is 26.5. The predicted molar refractivity (Wildman–Crippen MR) is 162 cm³/mol. The van der Waals surface area contributed by atoms with Crippen LogP contribution >= 0.6 is 0 Å². The molecule has 16 heteroatoms. The Bertz CT molecular complexity index is 1680. The Morgan fingerprint density at radius 3 is 2.43 bits per heavy atom. The minimum Gasteiger partial charge on any atom is -0.488 e. The van der Waals surface area contributed by atoms with Crippen LogP contribution in [0.4, 0.5) is 19.0 Å². The van der Waals surface area contributed by atoms with E-state index in [9.17, 15) is 40.5 Å². The Hall–Kier alpha value is -4.44. The zero-order valence-electron chi connectivity index (χ0n) is 25.6. The maximum atomic E-state index is 14.1. The number of nitrogens with zero attached hydrogens (tertiary/aromatic N) is 3. The van der Waals surface area contributed by atoms with Crippen molar-refractivity contribution >= 4 is 33.7 Å². The molecule has 254 valence electrons. The average Bonchev–Trinajstić information content (AvgIpc) is 3.67. The highest BCUT2D eigenvalue weighted by atomic mass is 32.2. The third-order valence-electron chi connectivity index (χ3n) is 7.73. The van der Waals surface area contributed by atoms with Gasteiger partial charge < -0.3 is 24.3 Å². The van der Waals surface area contributed by atoms with E-state index < -0.39 is 62.7 Å². The summed E-state index contributed by atoms with van der Waals surface area (Å²) >= 11 is 0. The number of esters is 1. The summed E-state index contributed by atoms with van der Waals surface area (Å²) in [4.78, 5) is 44.7. The van der Waals surface area contributed by atoms with Crippen molar-refractivity contribution in [3.05, 3.63) is 72.2 Å². The molecule has 47 heavy (non-hydrogen) atoms. The predicted octanol–water partition coefficient (Wildman–Crippen LogP) is 5.13. The van der Waals surface area contributed by atoms with E-state index in [2.05, 4.69) is 10.3 Å². The van der Waals surface area contributed by atoms with E-state index >= 15 is 0 Å². The molecule has 1 saturated heterocycles. The molecule has 0 radical (unpaired) electrons. The van der Waals surface area contributed by atoms with E-state index in [0.717, 1.165) is 37.5 Å². The summed E-state index contributed by atoms with van der Waals surface area (Å²) in [6.07, 6.45) is 1.23. The van der Waals surface area contributed by atoms with E-state index in [4.69, 9.17) is 9.47 Å². The minimum absolute atomic E-state index is 0.000882. The molecule has 1 aliphatic rings. The molecular weight excluding hydrogens is 645 g/mol. The highest BCUT2D eigenvalue weighted by Crippen LogP contribution is 2.32. The number of methoxy groups -OCH3 is 1. The van der Waals surface area contributed by atoms with Crippen molar-refractivity contribution in [2.24, 2.45) is 0 Å². The first-order valence-electron chi connectivity index (χ1n) is 14.9. The number of aromatic nitrogens is 2. The fraction of sp³-hybridized carbons (Fsp3) is 0.419. The first kappa shape index (κ1) is 35.4. The molecule has 0 unspecified atom stereocenters. The lowest BCUT2D eigenvalue weighted by molar-refractivity contribution is -0.152. The number of imidazole rings is 1. The van der Waals surface area contributed by atoms with Crippen molar-refractivity contribution in [1.82, 2.24) is 14.5 Å². The SMILES string of the molecule is CCCCCC[C@H](C(=O)N1C[C@@H](Oc2ccc(C(F)(F)F)cc2)C[C@H]1C(=O)OC)n1cnc(NC(=O)c2ccccc2S(=O)(=O)O)c1. The van der Waals surface area contributed by atoms with E-state index in [1.165, 1.54) is 59.4 Å². The highest BCUT2D eigenvalue weighted by Gasteiger charge is 2.44. The Morgan fingerprint density at radius 1 is 1.09 bits per heavy atom. The molecule has 3 atom stereocenters. The number of hydrogen-bond acceptors (Lipinski definition) is 8.